The maximum Gasteiger partial charge on any atom is 0.421 e. The predicted molar refractivity (Wildman–Crippen MR) is 138 cm³/mol. The summed E-state index contributed by atoms with van der Waals surface area (Å²) in [6.45, 7) is 8.64. The lowest BCUT2D eigenvalue weighted by molar-refractivity contribution is 0.151. The maximum atomic E-state index is 14.1. The van der Waals surface area contributed by atoms with Crippen molar-refractivity contribution in [1.29, 1.82) is 0 Å². The number of aryl methyl sites for hydroxylation is 1. The molecule has 2 aromatic carbocycles. The first-order chi connectivity index (χ1) is 17.1. The van der Waals surface area contributed by atoms with Crippen molar-refractivity contribution < 1.29 is 22.3 Å². The molecule has 0 radical (unpaired) electrons. The van der Waals surface area contributed by atoms with E-state index in [2.05, 4.69) is 18.8 Å². The van der Waals surface area contributed by atoms with Gasteiger partial charge in [0.2, 0.25) is 0 Å². The van der Waals surface area contributed by atoms with Gasteiger partial charge in [-0.25, -0.2) is 27.3 Å². The van der Waals surface area contributed by atoms with Crippen LogP contribution in [-0.2, 0) is 34.1 Å². The van der Waals surface area contributed by atoms with Crippen LogP contribution in [0.4, 0.5) is 9.18 Å². The number of unbranched alkanes of at least 4 members (excludes halogenated alkanes) is 1. The highest BCUT2D eigenvalue weighted by atomic mass is 32.2. The number of ether oxygens (including phenoxy) is 1. The second-order valence-electron chi connectivity index (χ2n) is 9.15. The summed E-state index contributed by atoms with van der Waals surface area (Å²) in [5, 5.41) is 0. The molecule has 0 spiro atoms. The zero-order chi connectivity index (χ0) is 26.3. The number of carbonyl (C=O) groups is 1. The predicted octanol–water partition coefficient (Wildman–Crippen LogP) is 5.71. The molecule has 1 aromatic heterocycles. The van der Waals surface area contributed by atoms with Gasteiger partial charge in [0.05, 0.1) is 11.5 Å². The van der Waals surface area contributed by atoms with Crippen molar-refractivity contribution in [2.75, 3.05) is 6.61 Å². The molecule has 0 saturated heterocycles. The number of sulfonamides is 1. The number of nitrogens with one attached hydrogen (secondary N) is 1. The van der Waals surface area contributed by atoms with Crippen LogP contribution in [0, 0.1) is 11.7 Å². The average molecular weight is 516 g/mol. The van der Waals surface area contributed by atoms with E-state index in [1.165, 1.54) is 18.2 Å². The van der Waals surface area contributed by atoms with Gasteiger partial charge in [-0.1, -0.05) is 46.2 Å². The molecule has 36 heavy (non-hydrogen) atoms. The minimum Gasteiger partial charge on any atom is -0.449 e. The van der Waals surface area contributed by atoms with Gasteiger partial charge < -0.3 is 9.30 Å². The fourth-order valence-electron chi connectivity index (χ4n) is 4.03. The summed E-state index contributed by atoms with van der Waals surface area (Å²) < 4.78 is 50.0. The second-order valence-corrected chi connectivity index (χ2v) is 10.8. The van der Waals surface area contributed by atoms with E-state index in [9.17, 15) is 17.6 Å². The van der Waals surface area contributed by atoms with Crippen LogP contribution in [0.2, 0.25) is 0 Å². The normalized spacial score (nSPS) is 11.6. The highest BCUT2D eigenvalue weighted by Crippen LogP contribution is 2.33. The Bertz CT molecular complexity index is 1300. The Balaban J connectivity index is 2.16. The Labute approximate surface area is 212 Å². The van der Waals surface area contributed by atoms with Gasteiger partial charge in [-0.3, -0.25) is 0 Å². The van der Waals surface area contributed by atoms with Crippen molar-refractivity contribution in [3.8, 4) is 11.1 Å². The maximum absolute atomic E-state index is 14.1. The molecule has 1 amide bonds. The smallest absolute Gasteiger partial charge is 0.421 e. The zero-order valence-electron chi connectivity index (χ0n) is 21.3. The molecule has 0 unspecified atom stereocenters. The SMILES string of the molecule is CCCCOC(=O)NS(=O)(=O)c1cc(Cn2ccnc2CC)c(CC(C)C)cc1-c1cccc(F)c1. The first kappa shape index (κ1) is 27.4. The van der Waals surface area contributed by atoms with Gasteiger partial charge in [0.15, 0.2) is 0 Å². The number of hydrogen-bond acceptors (Lipinski definition) is 5. The van der Waals surface area contributed by atoms with E-state index in [1.807, 2.05) is 29.3 Å². The third-order valence-corrected chi connectivity index (χ3v) is 7.11. The standard InChI is InChI=1S/C27H34FN3O4S/c1-5-7-13-35-27(32)30-36(33,34)25-17-22(18-31-12-11-29-26(31)6-2)21(14-19(3)4)16-24(25)20-9-8-10-23(28)15-20/h8-12,15-17,19H,5-7,13-14,18H2,1-4H3,(H,30,32). The van der Waals surface area contributed by atoms with E-state index in [0.29, 0.717) is 36.4 Å². The number of imidazole rings is 1. The Hall–Kier alpha value is -3.20. The summed E-state index contributed by atoms with van der Waals surface area (Å²) in [6, 6.07) is 9.15. The molecule has 1 N–H and O–H groups in total. The van der Waals surface area contributed by atoms with Crippen molar-refractivity contribution in [3.05, 3.63) is 71.6 Å². The van der Waals surface area contributed by atoms with Crippen LogP contribution >= 0.6 is 0 Å². The molecule has 3 rings (SSSR count). The number of aromatic nitrogens is 2. The Kier molecular flexibility index (Phi) is 9.25. The molecule has 1 heterocycles. The van der Waals surface area contributed by atoms with Gasteiger partial charge in [-0.2, -0.15) is 0 Å². The van der Waals surface area contributed by atoms with Crippen LogP contribution in [0.25, 0.3) is 11.1 Å². The van der Waals surface area contributed by atoms with E-state index in [4.69, 9.17) is 4.74 Å². The molecule has 0 aliphatic rings. The summed E-state index contributed by atoms with van der Waals surface area (Å²) in [6.07, 6.45) is 5.39. The Morgan fingerprint density at radius 3 is 2.61 bits per heavy atom. The molecule has 0 bridgehead atoms. The van der Waals surface area contributed by atoms with E-state index >= 15 is 0 Å². The summed E-state index contributed by atoms with van der Waals surface area (Å²) in [5.74, 6) is 0.691. The Morgan fingerprint density at radius 2 is 1.94 bits per heavy atom. The van der Waals surface area contributed by atoms with Crippen LogP contribution in [0.1, 0.15) is 57.5 Å². The largest absolute Gasteiger partial charge is 0.449 e. The minimum absolute atomic E-state index is 0.110. The molecular weight excluding hydrogens is 481 g/mol. The summed E-state index contributed by atoms with van der Waals surface area (Å²) in [4.78, 5) is 16.5. The number of halogens is 1. The summed E-state index contributed by atoms with van der Waals surface area (Å²) in [5.41, 5.74) is 2.47. The molecule has 0 aliphatic carbocycles. The lowest BCUT2D eigenvalue weighted by Gasteiger charge is -2.19. The van der Waals surface area contributed by atoms with E-state index in [1.54, 1.807) is 24.4 Å². The highest BCUT2D eigenvalue weighted by Gasteiger charge is 2.25. The minimum atomic E-state index is -4.32. The van der Waals surface area contributed by atoms with Gasteiger partial charge in [0.1, 0.15) is 11.6 Å². The molecule has 9 heteroatoms. The average Bonchev–Trinajstić information content (AvgIpc) is 3.26. The molecule has 0 atom stereocenters. The third kappa shape index (κ3) is 6.94. The monoisotopic (exact) mass is 515 g/mol. The zero-order valence-corrected chi connectivity index (χ0v) is 22.1. The van der Waals surface area contributed by atoms with Crippen molar-refractivity contribution in [3.63, 3.8) is 0 Å². The number of nitrogens with zero attached hydrogens (tertiary/aromatic N) is 2. The van der Waals surface area contributed by atoms with Gasteiger partial charge in [0, 0.05) is 30.9 Å². The number of rotatable bonds is 11. The molecule has 7 nitrogen and oxygen atoms in total. The quantitative estimate of drug-likeness (QED) is 0.330. The first-order valence-electron chi connectivity index (χ1n) is 12.3. The second kappa shape index (κ2) is 12.2. The van der Waals surface area contributed by atoms with Gasteiger partial charge in [-0.15, -0.1) is 0 Å². The topological polar surface area (TPSA) is 90.3 Å². The molecule has 3 aromatic rings. The summed E-state index contributed by atoms with van der Waals surface area (Å²) in [7, 11) is -4.32. The van der Waals surface area contributed by atoms with E-state index in [-0.39, 0.29) is 11.5 Å². The van der Waals surface area contributed by atoms with Crippen molar-refractivity contribution in [2.45, 2.75) is 64.8 Å². The highest BCUT2D eigenvalue weighted by molar-refractivity contribution is 7.90. The van der Waals surface area contributed by atoms with Crippen LogP contribution < -0.4 is 4.72 Å². The lowest BCUT2D eigenvalue weighted by atomic mass is 9.93. The molecule has 0 saturated carbocycles. The van der Waals surface area contributed by atoms with E-state index < -0.39 is 21.9 Å². The fraction of sp³-hybridized carbons (Fsp3) is 0.407. The lowest BCUT2D eigenvalue weighted by Crippen LogP contribution is -2.32. The van der Waals surface area contributed by atoms with Gasteiger partial charge in [0.25, 0.3) is 10.0 Å². The van der Waals surface area contributed by atoms with Crippen molar-refractivity contribution in [1.82, 2.24) is 14.3 Å². The van der Waals surface area contributed by atoms with Crippen molar-refractivity contribution in [2.24, 2.45) is 5.92 Å². The number of benzene rings is 2. The van der Waals surface area contributed by atoms with Gasteiger partial charge in [-0.05, 0) is 59.7 Å². The van der Waals surface area contributed by atoms with E-state index in [0.717, 1.165) is 29.8 Å². The number of hydrogen-bond donors (Lipinski definition) is 1. The van der Waals surface area contributed by atoms with Crippen molar-refractivity contribution >= 4 is 16.1 Å². The molecular formula is C27H34FN3O4S. The number of carbonyl (C=O) groups excluding carboxylic acids is 1. The van der Waals surface area contributed by atoms with Crippen LogP contribution in [0.3, 0.4) is 0 Å². The molecule has 0 aliphatic heterocycles. The van der Waals surface area contributed by atoms with Gasteiger partial charge >= 0.3 is 6.09 Å². The summed E-state index contributed by atoms with van der Waals surface area (Å²) >= 11 is 0. The molecule has 194 valence electrons. The third-order valence-electron chi connectivity index (χ3n) is 5.76. The Morgan fingerprint density at radius 1 is 1.17 bits per heavy atom. The first-order valence-corrected chi connectivity index (χ1v) is 13.7. The van der Waals surface area contributed by atoms with Crippen LogP contribution in [-0.4, -0.2) is 30.7 Å². The molecule has 0 fully saturated rings. The number of amides is 1. The van der Waals surface area contributed by atoms with Crippen LogP contribution in [0.15, 0.2) is 53.7 Å². The fourth-order valence-corrected chi connectivity index (χ4v) is 5.18. The van der Waals surface area contributed by atoms with Crippen LogP contribution in [0.5, 0.6) is 0 Å².